The van der Waals surface area contributed by atoms with E-state index in [0.717, 1.165) is 22.3 Å². The fraction of sp³-hybridized carbons (Fsp3) is 0.417. The van der Waals surface area contributed by atoms with E-state index in [4.69, 9.17) is 0 Å². The molecule has 0 unspecified atom stereocenters. The standard InChI is InChI=1S/C12H17BrN2OS/c1-15(2)7-3-6-14-12(16)10-8-9(17)4-5-11(10)13/h4-5,8,17H,3,6-7H2,1-2H3,(H,14,16). The smallest absolute Gasteiger partial charge is 0.252 e. The van der Waals surface area contributed by atoms with E-state index in [1.54, 1.807) is 6.07 Å². The van der Waals surface area contributed by atoms with Crippen LogP contribution in [0.1, 0.15) is 16.8 Å². The maximum Gasteiger partial charge on any atom is 0.252 e. The first-order valence-electron chi connectivity index (χ1n) is 5.42. The van der Waals surface area contributed by atoms with Gasteiger partial charge in [-0.2, -0.15) is 0 Å². The summed E-state index contributed by atoms with van der Waals surface area (Å²) < 4.78 is 0.792. The normalized spacial score (nSPS) is 10.6. The number of nitrogens with one attached hydrogen (secondary N) is 1. The van der Waals surface area contributed by atoms with Gasteiger partial charge in [0, 0.05) is 15.9 Å². The van der Waals surface area contributed by atoms with E-state index >= 15 is 0 Å². The average molecular weight is 317 g/mol. The van der Waals surface area contributed by atoms with E-state index in [2.05, 4.69) is 38.8 Å². The van der Waals surface area contributed by atoms with Crippen LogP contribution in [0.5, 0.6) is 0 Å². The molecule has 0 atom stereocenters. The van der Waals surface area contributed by atoms with E-state index < -0.39 is 0 Å². The van der Waals surface area contributed by atoms with Gasteiger partial charge in [-0.05, 0) is 61.2 Å². The SMILES string of the molecule is CN(C)CCCNC(=O)c1cc(S)ccc1Br. The lowest BCUT2D eigenvalue weighted by atomic mass is 10.2. The first-order chi connectivity index (χ1) is 8.00. The molecule has 0 radical (unpaired) electrons. The molecule has 0 fully saturated rings. The number of thiol groups is 1. The van der Waals surface area contributed by atoms with Gasteiger partial charge in [-0.1, -0.05) is 0 Å². The summed E-state index contributed by atoms with van der Waals surface area (Å²) in [5.41, 5.74) is 0.627. The third-order valence-corrected chi connectivity index (χ3v) is 3.23. The highest BCUT2D eigenvalue weighted by atomic mass is 79.9. The molecule has 0 spiro atoms. The summed E-state index contributed by atoms with van der Waals surface area (Å²) in [6, 6.07) is 5.43. The Morgan fingerprint density at radius 2 is 2.18 bits per heavy atom. The zero-order valence-corrected chi connectivity index (χ0v) is 12.5. The quantitative estimate of drug-likeness (QED) is 0.646. The molecule has 1 amide bonds. The molecule has 3 nitrogen and oxygen atoms in total. The Morgan fingerprint density at radius 3 is 2.82 bits per heavy atom. The van der Waals surface area contributed by atoms with Gasteiger partial charge < -0.3 is 10.2 Å². The minimum Gasteiger partial charge on any atom is -0.352 e. The van der Waals surface area contributed by atoms with Gasteiger partial charge in [0.25, 0.3) is 5.91 Å². The highest BCUT2D eigenvalue weighted by molar-refractivity contribution is 9.10. The molecule has 17 heavy (non-hydrogen) atoms. The number of hydrogen-bond donors (Lipinski definition) is 2. The van der Waals surface area contributed by atoms with Crippen molar-refractivity contribution in [2.24, 2.45) is 0 Å². The van der Waals surface area contributed by atoms with E-state index in [1.165, 1.54) is 0 Å². The van der Waals surface area contributed by atoms with Crippen LogP contribution in [-0.2, 0) is 0 Å². The lowest BCUT2D eigenvalue weighted by Crippen LogP contribution is -2.27. The van der Waals surface area contributed by atoms with Crippen LogP contribution in [0.3, 0.4) is 0 Å². The van der Waals surface area contributed by atoms with E-state index in [9.17, 15) is 4.79 Å². The van der Waals surface area contributed by atoms with Crippen molar-refractivity contribution < 1.29 is 4.79 Å². The van der Waals surface area contributed by atoms with Crippen LogP contribution in [0.15, 0.2) is 27.6 Å². The Kier molecular flexibility index (Phi) is 6.02. The number of hydrogen-bond acceptors (Lipinski definition) is 3. The minimum absolute atomic E-state index is 0.0634. The van der Waals surface area contributed by atoms with Crippen LogP contribution in [0.4, 0.5) is 0 Å². The number of carbonyl (C=O) groups excluding carboxylic acids is 1. The topological polar surface area (TPSA) is 32.3 Å². The van der Waals surface area contributed by atoms with Crippen LogP contribution in [0, 0.1) is 0 Å². The molecule has 5 heteroatoms. The summed E-state index contributed by atoms with van der Waals surface area (Å²) in [7, 11) is 4.03. The lowest BCUT2D eigenvalue weighted by Gasteiger charge is -2.10. The lowest BCUT2D eigenvalue weighted by molar-refractivity contribution is 0.0951. The molecular formula is C12H17BrN2OS. The van der Waals surface area contributed by atoms with Gasteiger partial charge in [0.1, 0.15) is 0 Å². The fourth-order valence-electron chi connectivity index (χ4n) is 1.38. The predicted octanol–water partition coefficient (Wildman–Crippen LogP) is 2.42. The number of carbonyl (C=O) groups is 1. The molecule has 0 heterocycles. The molecule has 0 bridgehead atoms. The Balaban J connectivity index is 2.49. The molecule has 0 aliphatic heterocycles. The Hall–Kier alpha value is -0.520. The molecular weight excluding hydrogens is 300 g/mol. The summed E-state index contributed by atoms with van der Waals surface area (Å²) in [5.74, 6) is -0.0634. The van der Waals surface area contributed by atoms with Crippen molar-refractivity contribution in [3.05, 3.63) is 28.2 Å². The van der Waals surface area contributed by atoms with Crippen LogP contribution in [0.2, 0.25) is 0 Å². The molecule has 1 rings (SSSR count). The van der Waals surface area contributed by atoms with Gasteiger partial charge in [-0.3, -0.25) is 4.79 Å². The van der Waals surface area contributed by atoms with Gasteiger partial charge in [0.05, 0.1) is 5.56 Å². The number of rotatable bonds is 5. The van der Waals surface area contributed by atoms with Crippen molar-refractivity contribution >= 4 is 34.5 Å². The third kappa shape index (κ3) is 5.10. The second kappa shape index (κ2) is 7.03. The van der Waals surface area contributed by atoms with Gasteiger partial charge in [0.15, 0.2) is 0 Å². The molecule has 0 aromatic heterocycles. The average Bonchev–Trinajstić information content (AvgIpc) is 2.27. The zero-order valence-electron chi connectivity index (χ0n) is 10.0. The van der Waals surface area contributed by atoms with Crippen LogP contribution >= 0.6 is 28.6 Å². The van der Waals surface area contributed by atoms with Gasteiger partial charge in [-0.25, -0.2) is 0 Å². The summed E-state index contributed by atoms with van der Waals surface area (Å²) in [6.07, 6.45) is 0.941. The highest BCUT2D eigenvalue weighted by Gasteiger charge is 2.09. The first-order valence-corrected chi connectivity index (χ1v) is 6.66. The molecule has 1 N–H and O–H groups in total. The van der Waals surface area contributed by atoms with E-state index in [-0.39, 0.29) is 5.91 Å². The Labute approximate surface area is 116 Å². The fourth-order valence-corrected chi connectivity index (χ4v) is 2.01. The van der Waals surface area contributed by atoms with Crippen molar-refractivity contribution in [1.82, 2.24) is 10.2 Å². The molecule has 0 saturated carbocycles. The summed E-state index contributed by atoms with van der Waals surface area (Å²) in [6.45, 7) is 1.65. The van der Waals surface area contributed by atoms with Crippen molar-refractivity contribution in [1.29, 1.82) is 0 Å². The largest absolute Gasteiger partial charge is 0.352 e. The van der Waals surface area contributed by atoms with E-state index in [0.29, 0.717) is 12.1 Å². The van der Waals surface area contributed by atoms with E-state index in [1.807, 2.05) is 26.2 Å². The van der Waals surface area contributed by atoms with Crippen molar-refractivity contribution in [3.8, 4) is 0 Å². The number of benzene rings is 1. The van der Waals surface area contributed by atoms with Gasteiger partial charge in [0.2, 0.25) is 0 Å². The van der Waals surface area contributed by atoms with Crippen LogP contribution < -0.4 is 5.32 Å². The molecule has 0 saturated heterocycles. The highest BCUT2D eigenvalue weighted by Crippen LogP contribution is 2.19. The Morgan fingerprint density at radius 1 is 1.47 bits per heavy atom. The number of amides is 1. The molecule has 0 aliphatic carbocycles. The predicted molar refractivity (Wildman–Crippen MR) is 76.9 cm³/mol. The summed E-state index contributed by atoms with van der Waals surface area (Å²) in [5, 5.41) is 2.89. The van der Waals surface area contributed by atoms with Gasteiger partial charge in [-0.15, -0.1) is 12.6 Å². The minimum atomic E-state index is -0.0634. The van der Waals surface area contributed by atoms with Crippen LogP contribution in [0.25, 0.3) is 0 Å². The summed E-state index contributed by atoms with van der Waals surface area (Å²) >= 11 is 7.58. The Bertz CT molecular complexity index is 396. The second-order valence-corrected chi connectivity index (χ2v) is 5.45. The van der Waals surface area contributed by atoms with Crippen molar-refractivity contribution in [3.63, 3.8) is 0 Å². The van der Waals surface area contributed by atoms with Gasteiger partial charge >= 0.3 is 0 Å². The van der Waals surface area contributed by atoms with Crippen LogP contribution in [-0.4, -0.2) is 38.0 Å². The third-order valence-electron chi connectivity index (χ3n) is 2.26. The zero-order chi connectivity index (χ0) is 12.8. The second-order valence-electron chi connectivity index (χ2n) is 4.08. The molecule has 0 aliphatic rings. The summed E-state index contributed by atoms with van der Waals surface area (Å²) in [4.78, 5) is 14.8. The molecule has 1 aromatic carbocycles. The molecule has 94 valence electrons. The first kappa shape index (κ1) is 14.5. The van der Waals surface area contributed by atoms with Crippen molar-refractivity contribution in [2.75, 3.05) is 27.2 Å². The number of halogens is 1. The monoisotopic (exact) mass is 316 g/mol. The maximum atomic E-state index is 11.9. The molecule has 1 aromatic rings. The number of nitrogens with zero attached hydrogens (tertiary/aromatic N) is 1. The maximum absolute atomic E-state index is 11.9. The van der Waals surface area contributed by atoms with Crippen molar-refractivity contribution in [2.45, 2.75) is 11.3 Å².